The second-order valence-corrected chi connectivity index (χ2v) is 16.8. The monoisotopic (exact) mass is 802 g/mol. The molecule has 0 aromatic carbocycles. The Kier molecular flexibility index (Phi) is 45.2. The van der Waals surface area contributed by atoms with Crippen LogP contribution in [0.1, 0.15) is 251 Å². The van der Waals surface area contributed by atoms with Gasteiger partial charge in [0.15, 0.2) is 0 Å². The van der Waals surface area contributed by atoms with Crippen molar-refractivity contribution in [2.24, 2.45) is 0 Å². The van der Waals surface area contributed by atoms with Crippen LogP contribution in [-0.2, 0) is 14.3 Å². The van der Waals surface area contributed by atoms with Crippen molar-refractivity contribution in [2.45, 2.75) is 264 Å². The third-order valence-corrected chi connectivity index (χ3v) is 11.2. The Labute approximate surface area is 353 Å². The lowest BCUT2D eigenvalue weighted by Crippen LogP contribution is -2.45. The Morgan fingerprint density at radius 1 is 0.491 bits per heavy atom. The molecule has 0 radical (unpaired) electrons. The zero-order chi connectivity index (χ0) is 41.5. The maximum Gasteiger partial charge on any atom is 0.305 e. The first-order chi connectivity index (χ1) is 28.0. The van der Waals surface area contributed by atoms with Gasteiger partial charge in [0.05, 0.1) is 25.4 Å². The summed E-state index contributed by atoms with van der Waals surface area (Å²) in [7, 11) is 0. The van der Waals surface area contributed by atoms with E-state index in [0.717, 1.165) is 51.4 Å². The summed E-state index contributed by atoms with van der Waals surface area (Å²) in [6.45, 7) is 4.83. The second-order valence-electron chi connectivity index (χ2n) is 16.8. The van der Waals surface area contributed by atoms with E-state index in [1.54, 1.807) is 6.08 Å². The van der Waals surface area contributed by atoms with Crippen molar-refractivity contribution < 1.29 is 24.5 Å². The lowest BCUT2D eigenvalue weighted by Gasteiger charge is -2.19. The van der Waals surface area contributed by atoms with E-state index in [2.05, 4.69) is 37.4 Å². The number of allylic oxidation sites excluding steroid dienone is 5. The van der Waals surface area contributed by atoms with E-state index >= 15 is 0 Å². The van der Waals surface area contributed by atoms with Crippen molar-refractivity contribution in [3.05, 3.63) is 36.5 Å². The molecule has 3 N–H and O–H groups in total. The number of ether oxygens (including phenoxy) is 1. The van der Waals surface area contributed by atoms with E-state index in [1.807, 2.05) is 12.2 Å². The van der Waals surface area contributed by atoms with Gasteiger partial charge in [-0.05, 0) is 51.4 Å². The highest BCUT2D eigenvalue weighted by molar-refractivity contribution is 5.76. The number of hydrogen-bond acceptors (Lipinski definition) is 5. The van der Waals surface area contributed by atoms with Crippen LogP contribution < -0.4 is 5.32 Å². The van der Waals surface area contributed by atoms with Crippen LogP contribution >= 0.6 is 0 Å². The molecule has 0 aliphatic heterocycles. The van der Waals surface area contributed by atoms with Gasteiger partial charge in [-0.2, -0.15) is 0 Å². The first kappa shape index (κ1) is 55.1. The van der Waals surface area contributed by atoms with Crippen molar-refractivity contribution in [1.29, 1.82) is 0 Å². The number of hydrogen-bond donors (Lipinski definition) is 3. The van der Waals surface area contributed by atoms with Crippen molar-refractivity contribution in [1.82, 2.24) is 5.32 Å². The number of carbonyl (C=O) groups is 2. The molecule has 1 amide bonds. The molecular formula is C51H95NO5. The predicted molar refractivity (Wildman–Crippen MR) is 246 cm³/mol. The summed E-state index contributed by atoms with van der Waals surface area (Å²) in [6.07, 6.45) is 55.8. The summed E-state index contributed by atoms with van der Waals surface area (Å²) < 4.78 is 5.45. The standard InChI is InChI=1S/C51H95NO5/c1-3-5-7-9-11-13-15-17-21-25-29-33-37-41-45-51(56)57-46-42-38-34-30-26-22-18-20-24-28-32-36-40-44-50(55)52-48(47-53)49(54)43-39-35-31-27-23-19-16-14-12-10-8-6-4-2/h20,24,32,36,39,43,48-49,53-54H,3-19,21-23,25-31,33-35,37-38,40-42,44-47H2,1-2H3,(H,52,55)/b24-20-,36-32-,43-39+. The predicted octanol–water partition coefficient (Wildman–Crippen LogP) is 14.5. The first-order valence-electron chi connectivity index (χ1n) is 24.8. The molecule has 2 atom stereocenters. The molecule has 0 saturated carbocycles. The average Bonchev–Trinajstić information content (AvgIpc) is 3.21. The number of unbranched alkanes of at least 4 members (excludes halogenated alkanes) is 30. The zero-order valence-electron chi connectivity index (χ0n) is 37.8. The van der Waals surface area contributed by atoms with Crippen LogP contribution in [0.2, 0.25) is 0 Å². The molecule has 334 valence electrons. The molecule has 6 heteroatoms. The zero-order valence-corrected chi connectivity index (χ0v) is 37.8. The summed E-state index contributed by atoms with van der Waals surface area (Å²) >= 11 is 0. The van der Waals surface area contributed by atoms with Gasteiger partial charge in [0, 0.05) is 12.8 Å². The van der Waals surface area contributed by atoms with Crippen molar-refractivity contribution in [3.8, 4) is 0 Å². The summed E-state index contributed by atoms with van der Waals surface area (Å²) in [4.78, 5) is 24.4. The van der Waals surface area contributed by atoms with Gasteiger partial charge in [-0.15, -0.1) is 0 Å². The highest BCUT2D eigenvalue weighted by atomic mass is 16.5. The van der Waals surface area contributed by atoms with E-state index < -0.39 is 12.1 Å². The number of rotatable bonds is 45. The van der Waals surface area contributed by atoms with E-state index in [4.69, 9.17) is 4.74 Å². The molecule has 57 heavy (non-hydrogen) atoms. The molecule has 0 aromatic rings. The molecule has 0 spiro atoms. The lowest BCUT2D eigenvalue weighted by molar-refractivity contribution is -0.143. The van der Waals surface area contributed by atoms with Crippen LogP contribution in [-0.4, -0.2) is 47.4 Å². The lowest BCUT2D eigenvalue weighted by atomic mass is 10.0. The largest absolute Gasteiger partial charge is 0.466 e. The van der Waals surface area contributed by atoms with Crippen LogP contribution in [0.5, 0.6) is 0 Å². The Morgan fingerprint density at radius 2 is 0.895 bits per heavy atom. The third kappa shape index (κ3) is 43.5. The number of amides is 1. The summed E-state index contributed by atoms with van der Waals surface area (Å²) in [5.41, 5.74) is 0. The van der Waals surface area contributed by atoms with Gasteiger partial charge in [0.1, 0.15) is 0 Å². The maximum absolute atomic E-state index is 12.4. The number of nitrogens with one attached hydrogen (secondary N) is 1. The van der Waals surface area contributed by atoms with Crippen LogP contribution in [0.3, 0.4) is 0 Å². The molecule has 0 saturated heterocycles. The molecule has 0 aromatic heterocycles. The molecule has 0 fully saturated rings. The Morgan fingerprint density at radius 3 is 1.37 bits per heavy atom. The van der Waals surface area contributed by atoms with Gasteiger partial charge in [-0.25, -0.2) is 0 Å². The normalized spacial score (nSPS) is 13.0. The van der Waals surface area contributed by atoms with E-state index in [-0.39, 0.29) is 18.5 Å². The molecule has 0 rings (SSSR count). The molecule has 2 unspecified atom stereocenters. The van der Waals surface area contributed by atoms with Crippen LogP contribution in [0.25, 0.3) is 0 Å². The smallest absolute Gasteiger partial charge is 0.305 e. The SMILES string of the molecule is CCCCCCCCCCCCC/C=C/C(O)C(CO)NC(=O)CC/C=C\C/C=C\CCCCCCCCOC(=O)CCCCCCCCCCCCCCCC. The Bertz CT molecular complexity index is 931. The summed E-state index contributed by atoms with van der Waals surface area (Å²) in [5.74, 6) is -0.167. The van der Waals surface area contributed by atoms with E-state index in [1.165, 1.54) is 167 Å². The van der Waals surface area contributed by atoms with Gasteiger partial charge in [0.25, 0.3) is 0 Å². The van der Waals surface area contributed by atoms with Crippen LogP contribution in [0.4, 0.5) is 0 Å². The fourth-order valence-electron chi connectivity index (χ4n) is 7.33. The number of aliphatic hydroxyl groups excluding tert-OH is 2. The summed E-state index contributed by atoms with van der Waals surface area (Å²) in [5, 5.41) is 22.9. The summed E-state index contributed by atoms with van der Waals surface area (Å²) in [6, 6.07) is -0.670. The van der Waals surface area contributed by atoms with E-state index in [9.17, 15) is 19.8 Å². The van der Waals surface area contributed by atoms with Gasteiger partial charge in [-0.3, -0.25) is 9.59 Å². The van der Waals surface area contributed by atoms with Crippen LogP contribution in [0, 0.1) is 0 Å². The second kappa shape index (κ2) is 46.8. The fourth-order valence-corrected chi connectivity index (χ4v) is 7.33. The highest BCUT2D eigenvalue weighted by Crippen LogP contribution is 2.15. The molecule has 0 heterocycles. The fraction of sp³-hybridized carbons (Fsp3) is 0.843. The van der Waals surface area contributed by atoms with Crippen LogP contribution in [0.15, 0.2) is 36.5 Å². The minimum atomic E-state index is -0.878. The number of aliphatic hydroxyl groups is 2. The highest BCUT2D eigenvalue weighted by Gasteiger charge is 2.17. The minimum absolute atomic E-state index is 0.0170. The molecule has 0 aliphatic carbocycles. The molecule has 0 aliphatic rings. The number of carbonyl (C=O) groups excluding carboxylic acids is 2. The van der Waals surface area contributed by atoms with Gasteiger partial charge >= 0.3 is 5.97 Å². The maximum atomic E-state index is 12.4. The van der Waals surface area contributed by atoms with Crippen molar-refractivity contribution >= 4 is 11.9 Å². The molecule has 6 nitrogen and oxygen atoms in total. The van der Waals surface area contributed by atoms with Gasteiger partial charge in [-0.1, -0.05) is 224 Å². The topological polar surface area (TPSA) is 95.9 Å². The molecular weight excluding hydrogens is 707 g/mol. The Balaban J connectivity index is 3.58. The average molecular weight is 802 g/mol. The molecule has 0 bridgehead atoms. The van der Waals surface area contributed by atoms with Gasteiger partial charge in [0.2, 0.25) is 5.91 Å². The van der Waals surface area contributed by atoms with Crippen molar-refractivity contribution in [3.63, 3.8) is 0 Å². The third-order valence-electron chi connectivity index (χ3n) is 11.2. The quantitative estimate of drug-likeness (QED) is 0.0324. The van der Waals surface area contributed by atoms with Gasteiger partial charge < -0.3 is 20.3 Å². The number of esters is 1. The minimum Gasteiger partial charge on any atom is -0.466 e. The van der Waals surface area contributed by atoms with Crippen molar-refractivity contribution in [2.75, 3.05) is 13.2 Å². The van der Waals surface area contributed by atoms with E-state index in [0.29, 0.717) is 25.9 Å². The first-order valence-corrected chi connectivity index (χ1v) is 24.8. The Hall–Kier alpha value is -1.92.